The molecule has 0 spiro atoms. The molecule has 1 aromatic heterocycles. The van der Waals surface area contributed by atoms with Gasteiger partial charge in [-0.2, -0.15) is 0 Å². The summed E-state index contributed by atoms with van der Waals surface area (Å²) in [6.45, 7) is 4.80. The van der Waals surface area contributed by atoms with Crippen LogP contribution in [0.5, 0.6) is 5.75 Å². The molecule has 5 heteroatoms. The highest BCUT2D eigenvalue weighted by molar-refractivity contribution is 5.58. The zero-order chi connectivity index (χ0) is 16.1. The Bertz CT molecular complexity index is 611. The van der Waals surface area contributed by atoms with Gasteiger partial charge in [-0.05, 0) is 24.3 Å². The number of hydrogen-bond donors (Lipinski definition) is 1. The van der Waals surface area contributed by atoms with E-state index in [4.69, 9.17) is 10.5 Å². The monoisotopic (exact) mass is 312 g/mol. The second kappa shape index (κ2) is 7.44. The molecule has 1 saturated heterocycles. The van der Waals surface area contributed by atoms with Crippen LogP contribution in [0.15, 0.2) is 48.7 Å². The first kappa shape index (κ1) is 15.8. The molecule has 1 atom stereocenters. The van der Waals surface area contributed by atoms with Crippen molar-refractivity contribution in [2.24, 2.45) is 5.73 Å². The van der Waals surface area contributed by atoms with Crippen LogP contribution in [0.25, 0.3) is 0 Å². The molecule has 1 aliphatic heterocycles. The van der Waals surface area contributed by atoms with E-state index >= 15 is 0 Å². The van der Waals surface area contributed by atoms with Crippen LogP contribution >= 0.6 is 0 Å². The van der Waals surface area contributed by atoms with Gasteiger partial charge < -0.3 is 15.4 Å². The van der Waals surface area contributed by atoms with Crippen LogP contribution in [0.3, 0.4) is 0 Å². The molecule has 1 fully saturated rings. The maximum atomic E-state index is 6.28. The lowest BCUT2D eigenvalue weighted by atomic mass is 10.1. The van der Waals surface area contributed by atoms with Crippen LogP contribution in [0.2, 0.25) is 0 Å². The van der Waals surface area contributed by atoms with E-state index in [9.17, 15) is 0 Å². The second-order valence-corrected chi connectivity index (χ2v) is 5.82. The number of piperazine rings is 1. The zero-order valence-electron chi connectivity index (χ0n) is 13.6. The number of nitrogens with two attached hydrogens (primary N) is 1. The van der Waals surface area contributed by atoms with Crippen molar-refractivity contribution in [3.05, 3.63) is 54.4 Å². The molecule has 0 bridgehead atoms. The maximum Gasteiger partial charge on any atom is 0.142 e. The molecular weight excluding hydrogens is 288 g/mol. The van der Waals surface area contributed by atoms with Crippen LogP contribution in [-0.4, -0.2) is 49.7 Å². The third-order valence-corrected chi connectivity index (χ3v) is 4.32. The van der Waals surface area contributed by atoms with Gasteiger partial charge in [-0.3, -0.25) is 9.88 Å². The molecule has 0 saturated carbocycles. The Labute approximate surface area is 137 Å². The number of para-hydroxylation sites is 2. The van der Waals surface area contributed by atoms with E-state index in [0.29, 0.717) is 0 Å². The minimum atomic E-state index is -0.0333. The summed E-state index contributed by atoms with van der Waals surface area (Å²) in [6, 6.07) is 14.1. The topological polar surface area (TPSA) is 54.6 Å². The van der Waals surface area contributed by atoms with Gasteiger partial charge in [0.25, 0.3) is 0 Å². The Balaban J connectivity index is 1.56. The fraction of sp³-hybridized carbons (Fsp3) is 0.389. The first-order chi connectivity index (χ1) is 11.3. The number of rotatable bonds is 5. The number of ether oxygens (including phenoxy) is 1. The summed E-state index contributed by atoms with van der Waals surface area (Å²) in [4.78, 5) is 9.14. The summed E-state index contributed by atoms with van der Waals surface area (Å²) in [7, 11) is 1.72. The number of methoxy groups -OCH3 is 1. The molecule has 0 amide bonds. The first-order valence-electron chi connectivity index (χ1n) is 8.05. The lowest BCUT2D eigenvalue weighted by Crippen LogP contribution is -2.48. The highest BCUT2D eigenvalue weighted by atomic mass is 16.5. The molecule has 2 aromatic rings. The predicted octanol–water partition coefficient (Wildman–Crippen LogP) is 1.91. The molecular formula is C18H24N4O. The minimum Gasteiger partial charge on any atom is -0.495 e. The normalized spacial score (nSPS) is 17.0. The van der Waals surface area contributed by atoms with Crippen molar-refractivity contribution in [3.63, 3.8) is 0 Å². The Morgan fingerprint density at radius 2 is 1.83 bits per heavy atom. The van der Waals surface area contributed by atoms with Crippen molar-refractivity contribution in [3.8, 4) is 5.75 Å². The third-order valence-electron chi connectivity index (χ3n) is 4.32. The summed E-state index contributed by atoms with van der Waals surface area (Å²) in [5.41, 5.74) is 8.41. The summed E-state index contributed by atoms with van der Waals surface area (Å²) in [5, 5.41) is 0. The maximum absolute atomic E-state index is 6.28. The van der Waals surface area contributed by atoms with E-state index in [0.717, 1.165) is 44.2 Å². The number of aromatic nitrogens is 1. The molecule has 1 aliphatic rings. The molecule has 2 heterocycles. The van der Waals surface area contributed by atoms with E-state index in [2.05, 4.69) is 26.9 Å². The standard InChI is InChI=1S/C18H24N4O/c1-23-18-8-3-2-7-17(18)22-12-10-21(11-13-22)14-15(19)16-6-4-5-9-20-16/h2-9,15H,10-14,19H2,1H3. The molecule has 0 aliphatic carbocycles. The van der Waals surface area contributed by atoms with Gasteiger partial charge in [-0.15, -0.1) is 0 Å². The van der Waals surface area contributed by atoms with Crippen LogP contribution in [0, 0.1) is 0 Å². The molecule has 0 radical (unpaired) electrons. The van der Waals surface area contributed by atoms with Crippen LogP contribution in [0.4, 0.5) is 5.69 Å². The summed E-state index contributed by atoms with van der Waals surface area (Å²) in [5.74, 6) is 0.936. The smallest absolute Gasteiger partial charge is 0.142 e. The van der Waals surface area contributed by atoms with Crippen LogP contribution in [-0.2, 0) is 0 Å². The molecule has 3 rings (SSSR count). The summed E-state index contributed by atoms with van der Waals surface area (Å²) in [6.07, 6.45) is 1.80. The number of pyridine rings is 1. The Kier molecular flexibility index (Phi) is 5.10. The van der Waals surface area contributed by atoms with Gasteiger partial charge in [0.05, 0.1) is 24.5 Å². The van der Waals surface area contributed by atoms with Gasteiger partial charge in [-0.1, -0.05) is 18.2 Å². The fourth-order valence-corrected chi connectivity index (χ4v) is 3.03. The highest BCUT2D eigenvalue weighted by Crippen LogP contribution is 2.28. The summed E-state index contributed by atoms with van der Waals surface area (Å²) >= 11 is 0. The van der Waals surface area contributed by atoms with Gasteiger partial charge in [0, 0.05) is 38.9 Å². The predicted molar refractivity (Wildman–Crippen MR) is 92.8 cm³/mol. The molecule has 122 valence electrons. The van der Waals surface area contributed by atoms with Gasteiger partial charge in [0.2, 0.25) is 0 Å². The Morgan fingerprint density at radius 1 is 1.09 bits per heavy atom. The zero-order valence-corrected chi connectivity index (χ0v) is 13.6. The van der Waals surface area contributed by atoms with Gasteiger partial charge >= 0.3 is 0 Å². The fourth-order valence-electron chi connectivity index (χ4n) is 3.03. The van der Waals surface area contributed by atoms with Gasteiger partial charge in [0.1, 0.15) is 5.75 Å². The van der Waals surface area contributed by atoms with Gasteiger partial charge in [-0.25, -0.2) is 0 Å². The van der Waals surface area contributed by atoms with Crippen molar-refractivity contribution in [2.45, 2.75) is 6.04 Å². The largest absolute Gasteiger partial charge is 0.495 e. The lowest BCUT2D eigenvalue weighted by molar-refractivity contribution is 0.241. The Hall–Kier alpha value is -2.11. The van der Waals surface area contributed by atoms with E-state index in [-0.39, 0.29) is 6.04 Å². The highest BCUT2D eigenvalue weighted by Gasteiger charge is 2.21. The molecule has 1 unspecified atom stereocenters. The molecule has 23 heavy (non-hydrogen) atoms. The Morgan fingerprint density at radius 3 is 2.52 bits per heavy atom. The summed E-state index contributed by atoms with van der Waals surface area (Å²) < 4.78 is 5.46. The molecule has 1 aromatic carbocycles. The van der Waals surface area contributed by atoms with Crippen molar-refractivity contribution in [1.29, 1.82) is 0 Å². The number of benzene rings is 1. The van der Waals surface area contributed by atoms with E-state index in [1.54, 1.807) is 13.3 Å². The average Bonchev–Trinajstić information content (AvgIpc) is 2.63. The number of nitrogens with zero attached hydrogens (tertiary/aromatic N) is 3. The average molecular weight is 312 g/mol. The first-order valence-corrected chi connectivity index (χ1v) is 8.05. The van der Waals surface area contributed by atoms with Crippen molar-refractivity contribution < 1.29 is 4.74 Å². The number of hydrogen-bond acceptors (Lipinski definition) is 5. The minimum absolute atomic E-state index is 0.0333. The third kappa shape index (κ3) is 3.81. The lowest BCUT2D eigenvalue weighted by Gasteiger charge is -2.37. The van der Waals surface area contributed by atoms with Crippen molar-refractivity contribution >= 4 is 5.69 Å². The van der Waals surface area contributed by atoms with Gasteiger partial charge in [0.15, 0.2) is 0 Å². The second-order valence-electron chi connectivity index (χ2n) is 5.82. The molecule has 2 N–H and O–H groups in total. The molecule has 5 nitrogen and oxygen atoms in total. The van der Waals surface area contributed by atoms with E-state index in [1.165, 1.54) is 5.69 Å². The number of anilines is 1. The van der Waals surface area contributed by atoms with Crippen molar-refractivity contribution in [1.82, 2.24) is 9.88 Å². The van der Waals surface area contributed by atoms with Crippen LogP contribution in [0.1, 0.15) is 11.7 Å². The quantitative estimate of drug-likeness (QED) is 0.914. The SMILES string of the molecule is COc1ccccc1N1CCN(CC(N)c2ccccn2)CC1. The van der Waals surface area contributed by atoms with Crippen LogP contribution < -0.4 is 15.4 Å². The van der Waals surface area contributed by atoms with Crippen molar-refractivity contribution in [2.75, 3.05) is 44.7 Å². The van der Waals surface area contributed by atoms with E-state index in [1.807, 2.05) is 30.3 Å². The van der Waals surface area contributed by atoms with E-state index < -0.39 is 0 Å².